The standard InChI is InChI=1S/C21H26O.C19H30O.C18H24.C18H20/c1-4-14-6-8-18-17-7-5-15-13-16(22)9-11-21(15,3)19(17)10-12-20(14,18)2;1-18-10-8-16-15(17(18)11-14(20)12-18)7-6-13-5-3-4-9-19(13,16)2;2*1-18-11-4-7-17(18)16-9-8-13-5-2-3-6-14(13)15(16)10-12-18/h1,5,7,10,12,14-16,18,22H,6,8-9,11,13H2,2-3H3;4,9,13-17,20H,3,5-8,10-12H2,1-2H3;2-3,5-6,15-17H,4,7-12H2,1H3;2-3,5-6,8-9,17H,4,7,10-12H2,1H3/t14?,15-,16-,18?,20?,21+;13-,14?,15?,16?,17?,18-,19+;15?,16?,17?,18-;17?,18-/m1100/s1. The first-order valence-electron chi connectivity index (χ1n) is 32.8. The summed E-state index contributed by atoms with van der Waals surface area (Å²) in [5.74, 6) is 11.7. The number of rotatable bonds is 0. The van der Waals surface area contributed by atoms with E-state index in [-0.39, 0.29) is 23.0 Å². The number of aliphatic hydroxyl groups is 2. The van der Waals surface area contributed by atoms with E-state index in [9.17, 15) is 10.2 Å². The average Bonchev–Trinajstić information content (AvgIpc) is 4.26. The molecule has 16 rings (SSSR count). The second-order valence-electron chi connectivity index (χ2n) is 30.7. The Morgan fingerprint density at radius 1 is 0.564 bits per heavy atom. The molecule has 0 radical (unpaired) electrons. The van der Waals surface area contributed by atoms with E-state index in [2.05, 4.69) is 145 Å². The van der Waals surface area contributed by atoms with Gasteiger partial charge in [-0.05, 0) is 278 Å². The number of hydrogen-bond acceptors (Lipinski definition) is 2. The highest BCUT2D eigenvalue weighted by atomic mass is 16.3. The second kappa shape index (κ2) is 20.4. The molecule has 0 aromatic heterocycles. The van der Waals surface area contributed by atoms with Crippen LogP contribution in [0, 0.1) is 98.1 Å². The van der Waals surface area contributed by atoms with Gasteiger partial charge in [0.05, 0.1) is 12.2 Å². The highest BCUT2D eigenvalue weighted by molar-refractivity contribution is 5.87. The van der Waals surface area contributed by atoms with E-state index in [1.807, 2.05) is 0 Å². The molecule has 0 aliphatic heterocycles. The van der Waals surface area contributed by atoms with Gasteiger partial charge in [0.25, 0.3) is 0 Å². The van der Waals surface area contributed by atoms with Gasteiger partial charge in [0.2, 0.25) is 0 Å². The molecule has 8 fully saturated rings. The molecule has 0 bridgehead atoms. The van der Waals surface area contributed by atoms with E-state index in [0.717, 1.165) is 85.9 Å². The molecule has 8 saturated carbocycles. The van der Waals surface area contributed by atoms with Crippen LogP contribution >= 0.6 is 0 Å². The lowest BCUT2D eigenvalue weighted by molar-refractivity contribution is -0.0679. The largest absolute Gasteiger partial charge is 0.393 e. The average molecular weight is 1050 g/mol. The van der Waals surface area contributed by atoms with Gasteiger partial charge in [0.15, 0.2) is 0 Å². The Morgan fingerprint density at radius 3 is 2.24 bits per heavy atom. The number of aliphatic hydroxyl groups excluding tert-OH is 2. The van der Waals surface area contributed by atoms with E-state index in [1.165, 1.54) is 144 Å². The molecule has 2 N–H and O–H groups in total. The van der Waals surface area contributed by atoms with Crippen LogP contribution in [0.5, 0.6) is 0 Å². The van der Waals surface area contributed by atoms with Crippen LogP contribution in [0.25, 0.3) is 10.8 Å². The Bertz CT molecular complexity index is 2910. The normalized spacial score (nSPS) is 45.4. The maximum atomic E-state index is 10.2. The first kappa shape index (κ1) is 53.7. The highest BCUT2D eigenvalue weighted by Gasteiger charge is 2.58. The zero-order valence-corrected chi connectivity index (χ0v) is 49.4. The molecule has 2 heteroatoms. The molecule has 0 spiro atoms. The molecule has 3 aromatic carbocycles. The van der Waals surface area contributed by atoms with Crippen LogP contribution in [0.2, 0.25) is 0 Å². The number of aryl methyl sites for hydroxylation is 2. The van der Waals surface area contributed by atoms with Crippen molar-refractivity contribution in [3.05, 3.63) is 131 Å². The predicted octanol–water partition coefficient (Wildman–Crippen LogP) is 18.8. The van der Waals surface area contributed by atoms with E-state index in [1.54, 1.807) is 22.3 Å². The molecule has 13 aliphatic carbocycles. The minimum absolute atomic E-state index is 0.0174. The van der Waals surface area contributed by atoms with Crippen LogP contribution in [-0.2, 0) is 12.8 Å². The van der Waals surface area contributed by atoms with E-state index in [4.69, 9.17) is 6.42 Å². The summed E-state index contributed by atoms with van der Waals surface area (Å²) in [4.78, 5) is 0. The first-order valence-corrected chi connectivity index (χ1v) is 32.8. The molecule has 3 aromatic rings. The summed E-state index contributed by atoms with van der Waals surface area (Å²) < 4.78 is 0. The third-order valence-corrected chi connectivity index (χ3v) is 27.0. The van der Waals surface area contributed by atoms with Crippen LogP contribution in [0.3, 0.4) is 0 Å². The topological polar surface area (TPSA) is 40.5 Å². The minimum Gasteiger partial charge on any atom is -0.393 e. The van der Waals surface area contributed by atoms with Crippen molar-refractivity contribution in [3.63, 3.8) is 0 Å². The molecule has 78 heavy (non-hydrogen) atoms. The number of benzene rings is 3. The Kier molecular flexibility index (Phi) is 14.0. The molecule has 416 valence electrons. The second-order valence-corrected chi connectivity index (χ2v) is 30.7. The Balaban J connectivity index is 0.0000000992. The van der Waals surface area contributed by atoms with Gasteiger partial charge in [-0.2, -0.15) is 0 Å². The molecule has 19 atom stereocenters. The van der Waals surface area contributed by atoms with Crippen molar-refractivity contribution >= 4 is 10.8 Å². The van der Waals surface area contributed by atoms with Crippen molar-refractivity contribution in [2.24, 2.45) is 85.8 Å². The van der Waals surface area contributed by atoms with Crippen LogP contribution in [-0.4, -0.2) is 22.4 Å². The van der Waals surface area contributed by atoms with Crippen molar-refractivity contribution in [1.29, 1.82) is 0 Å². The number of hydrogen-bond donors (Lipinski definition) is 2. The van der Waals surface area contributed by atoms with E-state index in [0.29, 0.717) is 39.4 Å². The number of allylic oxidation sites excluding steroid dienone is 8. The Labute approximate surface area is 473 Å². The maximum absolute atomic E-state index is 10.2. The van der Waals surface area contributed by atoms with Gasteiger partial charge in [-0.3, -0.25) is 0 Å². The van der Waals surface area contributed by atoms with Gasteiger partial charge in [-0.1, -0.05) is 152 Å². The van der Waals surface area contributed by atoms with Crippen LogP contribution in [0.4, 0.5) is 0 Å². The summed E-state index contributed by atoms with van der Waals surface area (Å²) in [5, 5.41) is 23.1. The van der Waals surface area contributed by atoms with Gasteiger partial charge in [0, 0.05) is 11.3 Å². The summed E-state index contributed by atoms with van der Waals surface area (Å²) >= 11 is 0. The van der Waals surface area contributed by atoms with Gasteiger partial charge in [0.1, 0.15) is 0 Å². The van der Waals surface area contributed by atoms with Crippen molar-refractivity contribution in [2.75, 3.05) is 0 Å². The Morgan fingerprint density at radius 2 is 1.37 bits per heavy atom. The molecular formula is C76H100O2. The fourth-order valence-electron chi connectivity index (χ4n) is 22.4. The predicted molar refractivity (Wildman–Crippen MR) is 325 cm³/mol. The molecule has 0 amide bonds. The molecule has 2 nitrogen and oxygen atoms in total. The van der Waals surface area contributed by atoms with Crippen LogP contribution < -0.4 is 0 Å². The number of fused-ring (bicyclic) bond motifs is 19. The summed E-state index contributed by atoms with van der Waals surface area (Å²) in [6, 6.07) is 22.9. The van der Waals surface area contributed by atoms with E-state index >= 15 is 0 Å². The third-order valence-electron chi connectivity index (χ3n) is 27.0. The van der Waals surface area contributed by atoms with E-state index < -0.39 is 0 Å². The Hall–Kier alpha value is -3.64. The van der Waals surface area contributed by atoms with Crippen molar-refractivity contribution in [3.8, 4) is 12.3 Å². The lowest BCUT2D eigenvalue weighted by atomic mass is 9.46. The van der Waals surface area contributed by atoms with Gasteiger partial charge < -0.3 is 10.2 Å². The molecule has 0 saturated heterocycles. The quantitative estimate of drug-likeness (QED) is 0.174. The summed E-state index contributed by atoms with van der Waals surface area (Å²) in [5.41, 5.74) is 12.3. The molecular weight excluding hydrogens is 945 g/mol. The van der Waals surface area contributed by atoms with Crippen LogP contribution in [0.1, 0.15) is 223 Å². The number of terminal acetylenes is 1. The zero-order valence-electron chi connectivity index (χ0n) is 49.4. The van der Waals surface area contributed by atoms with Gasteiger partial charge in [-0.25, -0.2) is 0 Å². The lowest BCUT2D eigenvalue weighted by Gasteiger charge is -2.58. The molecule has 11 unspecified atom stereocenters. The smallest absolute Gasteiger partial charge is 0.0548 e. The monoisotopic (exact) mass is 1040 g/mol. The van der Waals surface area contributed by atoms with Crippen LogP contribution in [0.15, 0.2) is 108 Å². The summed E-state index contributed by atoms with van der Waals surface area (Å²) in [6.07, 6.45) is 53.2. The third kappa shape index (κ3) is 8.82. The highest BCUT2D eigenvalue weighted by Crippen LogP contribution is 2.66. The van der Waals surface area contributed by atoms with Gasteiger partial charge >= 0.3 is 0 Å². The fourth-order valence-corrected chi connectivity index (χ4v) is 22.4. The first-order chi connectivity index (χ1) is 37.6. The minimum atomic E-state index is -0.125. The van der Waals surface area contributed by atoms with Gasteiger partial charge in [-0.15, -0.1) is 12.3 Å². The summed E-state index contributed by atoms with van der Waals surface area (Å²) in [7, 11) is 0. The zero-order chi connectivity index (χ0) is 53.8. The van der Waals surface area contributed by atoms with Crippen molar-refractivity contribution in [2.45, 2.75) is 226 Å². The maximum Gasteiger partial charge on any atom is 0.0548 e. The fraction of sp³-hybridized carbons (Fsp3) is 0.658. The SMILES string of the molecule is C#CC1CCC2C3=C(C=CC12C)[C@@]1(C)CC[C@@H](O)C[C@H]1C=C3.C[C@@]12CCCC1C1CCc3ccccc3C1CC2.C[C@@]12CCCC1c1ccc3ccccc3c1CC2.C[C@]12CCC3C(CC[C@H]4CCC=C[C@]34C)C1CC(O)C2. The van der Waals surface area contributed by atoms with Crippen molar-refractivity contribution in [1.82, 2.24) is 0 Å². The molecule has 0 heterocycles. The van der Waals surface area contributed by atoms with Crippen molar-refractivity contribution < 1.29 is 10.2 Å². The lowest BCUT2D eigenvalue weighted by Crippen LogP contribution is -2.50. The summed E-state index contributed by atoms with van der Waals surface area (Å²) in [6.45, 7) is 14.9. The molecule has 13 aliphatic rings.